The van der Waals surface area contributed by atoms with Gasteiger partial charge in [0.05, 0.1) is 11.0 Å². The number of nitrogens with zero attached hydrogens (tertiary/aromatic N) is 2. The second kappa shape index (κ2) is 7.83. The van der Waals surface area contributed by atoms with Gasteiger partial charge in [-0.3, -0.25) is 4.98 Å². The highest BCUT2D eigenvalue weighted by Crippen LogP contribution is 2.18. The number of fused-ring (bicyclic) bond motifs is 2. The van der Waals surface area contributed by atoms with Crippen LogP contribution in [-0.2, 0) is 6.54 Å². The fourth-order valence-corrected chi connectivity index (χ4v) is 3.09. The minimum Gasteiger partial charge on any atom is -0.343 e. The Labute approximate surface area is 157 Å². The summed E-state index contributed by atoms with van der Waals surface area (Å²) in [6.45, 7) is 0.772. The van der Waals surface area contributed by atoms with E-state index in [1.807, 2.05) is 67.0 Å². The molecule has 0 N–H and O–H groups in total. The molecule has 2 aromatic heterocycles. The lowest BCUT2D eigenvalue weighted by Crippen LogP contribution is -1.97. The Morgan fingerprint density at radius 2 is 1.52 bits per heavy atom. The molecule has 0 aliphatic carbocycles. The highest BCUT2D eigenvalue weighted by molar-refractivity contribution is 5.80. The standard InChI is InChI=1S/C15H12FN.C9H7N/c16-14-7-6-13-8-9-17(15(13)10-14)11-12-4-2-1-3-5-12;1-2-6-9-8(4-1)5-3-7-10-9/h1-10H,11H2;1-7H. The van der Waals surface area contributed by atoms with Crippen molar-refractivity contribution in [1.82, 2.24) is 9.55 Å². The summed E-state index contributed by atoms with van der Waals surface area (Å²) in [5.41, 5.74) is 3.22. The smallest absolute Gasteiger partial charge is 0.125 e. The maximum absolute atomic E-state index is 13.2. The number of hydrogen-bond donors (Lipinski definition) is 0. The molecule has 2 heterocycles. The quantitative estimate of drug-likeness (QED) is 0.376. The van der Waals surface area contributed by atoms with E-state index < -0.39 is 0 Å². The third kappa shape index (κ3) is 4.04. The Bertz CT molecular complexity index is 1100. The third-order valence-corrected chi connectivity index (χ3v) is 4.44. The van der Waals surface area contributed by atoms with E-state index in [4.69, 9.17) is 0 Å². The molecule has 3 aromatic carbocycles. The third-order valence-electron chi connectivity index (χ3n) is 4.44. The molecule has 27 heavy (non-hydrogen) atoms. The van der Waals surface area contributed by atoms with Crippen molar-refractivity contribution in [2.75, 3.05) is 0 Å². The number of aromatic nitrogens is 2. The van der Waals surface area contributed by atoms with Gasteiger partial charge in [-0.15, -0.1) is 0 Å². The Hall–Kier alpha value is -3.46. The van der Waals surface area contributed by atoms with Gasteiger partial charge in [0.25, 0.3) is 0 Å². The van der Waals surface area contributed by atoms with Crippen LogP contribution in [0, 0.1) is 5.82 Å². The van der Waals surface area contributed by atoms with Crippen LogP contribution >= 0.6 is 0 Å². The number of para-hydroxylation sites is 1. The number of pyridine rings is 1. The van der Waals surface area contributed by atoms with E-state index in [0.717, 1.165) is 23.0 Å². The number of rotatable bonds is 2. The molecular weight excluding hydrogens is 335 g/mol. The van der Waals surface area contributed by atoms with Gasteiger partial charge in [0.15, 0.2) is 0 Å². The van der Waals surface area contributed by atoms with Crippen molar-refractivity contribution < 1.29 is 4.39 Å². The topological polar surface area (TPSA) is 17.8 Å². The van der Waals surface area contributed by atoms with Gasteiger partial charge in [-0.05, 0) is 47.3 Å². The number of benzene rings is 3. The zero-order valence-electron chi connectivity index (χ0n) is 14.8. The van der Waals surface area contributed by atoms with Crippen molar-refractivity contribution in [2.45, 2.75) is 6.54 Å². The van der Waals surface area contributed by atoms with Gasteiger partial charge in [0, 0.05) is 24.3 Å². The summed E-state index contributed by atoms with van der Waals surface area (Å²) in [5.74, 6) is -0.189. The molecule has 3 heteroatoms. The van der Waals surface area contributed by atoms with Gasteiger partial charge in [0.2, 0.25) is 0 Å². The lowest BCUT2D eigenvalue weighted by Gasteiger charge is -2.05. The Kier molecular flexibility index (Phi) is 4.93. The Balaban J connectivity index is 0.000000153. The van der Waals surface area contributed by atoms with Crippen molar-refractivity contribution in [2.24, 2.45) is 0 Å². The predicted octanol–water partition coefficient (Wildman–Crippen LogP) is 6.06. The molecule has 0 aliphatic rings. The first kappa shape index (κ1) is 17.0. The van der Waals surface area contributed by atoms with Crippen molar-refractivity contribution in [3.8, 4) is 0 Å². The van der Waals surface area contributed by atoms with Gasteiger partial charge in [-0.2, -0.15) is 0 Å². The summed E-state index contributed by atoms with van der Waals surface area (Å²) < 4.78 is 15.3. The summed E-state index contributed by atoms with van der Waals surface area (Å²) in [6, 6.07) is 29.2. The highest BCUT2D eigenvalue weighted by atomic mass is 19.1. The van der Waals surface area contributed by atoms with Gasteiger partial charge < -0.3 is 4.57 Å². The minimum atomic E-state index is -0.189. The molecular formula is C24H19FN2. The summed E-state index contributed by atoms with van der Waals surface area (Å²) >= 11 is 0. The van der Waals surface area contributed by atoms with Crippen molar-refractivity contribution in [3.05, 3.63) is 115 Å². The summed E-state index contributed by atoms with van der Waals surface area (Å²) in [6.07, 6.45) is 3.80. The number of hydrogen-bond acceptors (Lipinski definition) is 1. The number of halogens is 1. The van der Waals surface area contributed by atoms with Crippen LogP contribution in [0.5, 0.6) is 0 Å². The van der Waals surface area contributed by atoms with Gasteiger partial charge in [0.1, 0.15) is 5.82 Å². The first-order valence-corrected chi connectivity index (χ1v) is 8.88. The molecule has 2 nitrogen and oxygen atoms in total. The van der Waals surface area contributed by atoms with Crippen LogP contribution in [-0.4, -0.2) is 9.55 Å². The summed E-state index contributed by atoms with van der Waals surface area (Å²) in [5, 5.41) is 2.27. The van der Waals surface area contributed by atoms with Crippen molar-refractivity contribution in [1.29, 1.82) is 0 Å². The first-order chi connectivity index (χ1) is 13.3. The average Bonchev–Trinajstić information content (AvgIpc) is 3.11. The fourth-order valence-electron chi connectivity index (χ4n) is 3.09. The van der Waals surface area contributed by atoms with Crippen LogP contribution in [0.25, 0.3) is 21.8 Å². The molecule has 0 spiro atoms. The molecule has 0 saturated carbocycles. The highest BCUT2D eigenvalue weighted by Gasteiger charge is 2.02. The fraction of sp³-hybridized carbons (Fsp3) is 0.0417. The SMILES string of the molecule is Fc1ccc2ccn(Cc3ccccc3)c2c1.c1ccc2ncccc2c1. The van der Waals surface area contributed by atoms with E-state index in [-0.39, 0.29) is 5.82 Å². The largest absolute Gasteiger partial charge is 0.343 e. The molecule has 5 aromatic rings. The van der Waals surface area contributed by atoms with Gasteiger partial charge in [-0.1, -0.05) is 54.6 Å². The maximum Gasteiger partial charge on any atom is 0.125 e. The molecule has 132 valence electrons. The van der Waals surface area contributed by atoms with E-state index >= 15 is 0 Å². The van der Waals surface area contributed by atoms with Crippen LogP contribution in [0.2, 0.25) is 0 Å². The summed E-state index contributed by atoms with van der Waals surface area (Å²) in [7, 11) is 0. The minimum absolute atomic E-state index is 0.189. The maximum atomic E-state index is 13.2. The lowest BCUT2D eigenvalue weighted by atomic mass is 10.2. The van der Waals surface area contributed by atoms with Crippen LogP contribution in [0.4, 0.5) is 4.39 Å². The summed E-state index contributed by atoms with van der Waals surface area (Å²) in [4.78, 5) is 4.18. The van der Waals surface area contributed by atoms with E-state index in [9.17, 15) is 4.39 Å². The molecule has 0 atom stereocenters. The average molecular weight is 354 g/mol. The van der Waals surface area contributed by atoms with Crippen molar-refractivity contribution in [3.63, 3.8) is 0 Å². The van der Waals surface area contributed by atoms with Crippen LogP contribution in [0.3, 0.4) is 0 Å². The van der Waals surface area contributed by atoms with E-state index in [1.54, 1.807) is 6.07 Å². The molecule has 0 bridgehead atoms. The molecule has 5 rings (SSSR count). The zero-order valence-corrected chi connectivity index (χ0v) is 14.8. The van der Waals surface area contributed by atoms with Crippen molar-refractivity contribution >= 4 is 21.8 Å². The molecule has 0 amide bonds. The monoisotopic (exact) mass is 354 g/mol. The van der Waals surface area contributed by atoms with Crippen LogP contribution < -0.4 is 0 Å². The molecule has 0 unspecified atom stereocenters. The Morgan fingerprint density at radius 1 is 0.741 bits per heavy atom. The lowest BCUT2D eigenvalue weighted by molar-refractivity contribution is 0.628. The second-order valence-corrected chi connectivity index (χ2v) is 6.33. The van der Waals surface area contributed by atoms with E-state index in [0.29, 0.717) is 0 Å². The molecule has 0 aliphatic heterocycles. The van der Waals surface area contributed by atoms with E-state index in [2.05, 4.69) is 33.8 Å². The van der Waals surface area contributed by atoms with Gasteiger partial charge in [-0.25, -0.2) is 4.39 Å². The second-order valence-electron chi connectivity index (χ2n) is 6.33. The zero-order chi connectivity index (χ0) is 18.5. The molecule has 0 radical (unpaired) electrons. The predicted molar refractivity (Wildman–Crippen MR) is 109 cm³/mol. The molecule has 0 saturated heterocycles. The van der Waals surface area contributed by atoms with Crippen LogP contribution in [0.15, 0.2) is 103 Å². The van der Waals surface area contributed by atoms with Crippen LogP contribution in [0.1, 0.15) is 5.56 Å². The Morgan fingerprint density at radius 3 is 2.37 bits per heavy atom. The van der Waals surface area contributed by atoms with Gasteiger partial charge >= 0.3 is 0 Å². The normalized spacial score (nSPS) is 10.6. The molecule has 0 fully saturated rings. The first-order valence-electron chi connectivity index (χ1n) is 8.88. The van der Waals surface area contributed by atoms with E-state index in [1.165, 1.54) is 17.0 Å².